The molecule has 0 spiro atoms. The molecule has 0 aliphatic carbocycles. The molecule has 0 aromatic rings. The highest BCUT2D eigenvalue weighted by Crippen LogP contribution is 2.04. The van der Waals surface area contributed by atoms with Gasteiger partial charge in [-0.3, -0.25) is 4.99 Å². The molecule has 1 heterocycles. The molecule has 0 saturated carbocycles. The zero-order valence-corrected chi connectivity index (χ0v) is 7.22. The first-order valence-electron chi connectivity index (χ1n) is 4.14. The van der Waals surface area contributed by atoms with E-state index in [0.29, 0.717) is 0 Å². The summed E-state index contributed by atoms with van der Waals surface area (Å²) in [5.41, 5.74) is 1.34. The average molecular weight is 139 g/mol. The maximum absolute atomic E-state index is 4.18. The topological polar surface area (TPSA) is 12.4 Å². The van der Waals surface area contributed by atoms with Gasteiger partial charge < -0.3 is 0 Å². The highest BCUT2D eigenvalue weighted by molar-refractivity contribution is 5.85. The molecule has 0 bridgehead atoms. The van der Waals surface area contributed by atoms with Crippen LogP contribution in [0, 0.1) is 0 Å². The minimum absolute atomic E-state index is 1.12. The molecule has 1 aliphatic heterocycles. The van der Waals surface area contributed by atoms with Crippen LogP contribution in [0.5, 0.6) is 0 Å². The van der Waals surface area contributed by atoms with Crippen molar-refractivity contribution in [2.24, 2.45) is 4.99 Å². The third-order valence-electron chi connectivity index (χ3n) is 1.37. The fourth-order valence-electron chi connectivity index (χ4n) is 0.815. The van der Waals surface area contributed by atoms with Crippen molar-refractivity contribution in [3.8, 4) is 0 Å². The molecule has 0 atom stereocenters. The van der Waals surface area contributed by atoms with Gasteiger partial charge in [0.1, 0.15) is 0 Å². The van der Waals surface area contributed by atoms with Crippen LogP contribution in [0.3, 0.4) is 0 Å². The second-order valence-electron chi connectivity index (χ2n) is 1.97. The lowest BCUT2D eigenvalue weighted by molar-refractivity contribution is 1.02. The lowest BCUT2D eigenvalue weighted by Crippen LogP contribution is -1.96. The Morgan fingerprint density at radius 3 is 2.50 bits per heavy atom. The van der Waals surface area contributed by atoms with Gasteiger partial charge in [-0.05, 0) is 19.3 Å². The van der Waals surface area contributed by atoms with E-state index in [1.165, 1.54) is 18.6 Å². The fourth-order valence-corrected chi connectivity index (χ4v) is 0.815. The van der Waals surface area contributed by atoms with Gasteiger partial charge >= 0.3 is 0 Å². The summed E-state index contributed by atoms with van der Waals surface area (Å²) in [6.07, 6.45) is 7.49. The molecular weight excluding hydrogens is 122 g/mol. The molecule has 1 nitrogen and oxygen atoms in total. The van der Waals surface area contributed by atoms with Gasteiger partial charge in [-0.1, -0.05) is 26.8 Å². The Morgan fingerprint density at radius 2 is 2.20 bits per heavy atom. The van der Waals surface area contributed by atoms with Crippen molar-refractivity contribution in [2.45, 2.75) is 40.0 Å². The molecular formula is C9H17N. The van der Waals surface area contributed by atoms with E-state index < -0.39 is 0 Å². The molecule has 0 N–H and O–H groups in total. The van der Waals surface area contributed by atoms with E-state index in [-0.39, 0.29) is 0 Å². The molecule has 0 aromatic carbocycles. The number of nitrogens with zero attached hydrogens (tertiary/aromatic N) is 1. The molecule has 1 aliphatic rings. The van der Waals surface area contributed by atoms with Crippen molar-refractivity contribution >= 4 is 5.71 Å². The first-order valence-corrected chi connectivity index (χ1v) is 4.14. The van der Waals surface area contributed by atoms with Crippen molar-refractivity contribution in [3.63, 3.8) is 0 Å². The smallest absolute Gasteiger partial charge is 0.0227 e. The molecule has 0 aromatic heterocycles. The van der Waals surface area contributed by atoms with E-state index in [1.807, 2.05) is 20.0 Å². The number of aliphatic imine (C=N–C) groups is 1. The Hall–Kier alpha value is -0.590. The van der Waals surface area contributed by atoms with Crippen LogP contribution in [0.4, 0.5) is 0 Å². The molecule has 58 valence electrons. The van der Waals surface area contributed by atoms with Gasteiger partial charge in [-0.15, -0.1) is 0 Å². The van der Waals surface area contributed by atoms with Gasteiger partial charge in [-0.2, -0.15) is 0 Å². The number of allylic oxidation sites excluding steroid dienone is 1. The van der Waals surface area contributed by atoms with Crippen LogP contribution in [0.25, 0.3) is 0 Å². The molecule has 0 fully saturated rings. The summed E-state index contributed by atoms with van der Waals surface area (Å²) in [5.74, 6) is 0. The monoisotopic (exact) mass is 139 g/mol. The minimum Gasteiger partial charge on any atom is -0.266 e. The van der Waals surface area contributed by atoms with Crippen LogP contribution < -0.4 is 0 Å². The standard InChI is InChI=1S/C7H11N.C2H6/c1-2-7-5-3-4-6-8-7;1-2/h4,6H,2-3,5H2,1H3;1-2H3. The van der Waals surface area contributed by atoms with Crippen LogP contribution in [0.2, 0.25) is 0 Å². The SMILES string of the molecule is CC.CCC1=NC=CCC1. The summed E-state index contributed by atoms with van der Waals surface area (Å²) in [7, 11) is 0. The summed E-state index contributed by atoms with van der Waals surface area (Å²) in [6.45, 7) is 6.15. The molecule has 0 saturated heterocycles. The first-order chi connectivity index (χ1) is 4.93. The van der Waals surface area contributed by atoms with Crippen molar-refractivity contribution in [2.75, 3.05) is 0 Å². The van der Waals surface area contributed by atoms with Gasteiger partial charge in [0.2, 0.25) is 0 Å². The summed E-state index contributed by atoms with van der Waals surface area (Å²) >= 11 is 0. The van der Waals surface area contributed by atoms with E-state index in [4.69, 9.17) is 0 Å². The predicted octanol–water partition coefficient (Wildman–Crippen LogP) is 3.17. The van der Waals surface area contributed by atoms with Gasteiger partial charge in [0.05, 0.1) is 0 Å². The maximum atomic E-state index is 4.18. The Kier molecular flexibility index (Phi) is 6.14. The zero-order chi connectivity index (χ0) is 7.82. The molecule has 10 heavy (non-hydrogen) atoms. The average Bonchev–Trinajstić information content (AvgIpc) is 2.10. The Bertz CT molecular complexity index is 123. The largest absolute Gasteiger partial charge is 0.266 e. The van der Waals surface area contributed by atoms with Gasteiger partial charge in [0.15, 0.2) is 0 Å². The van der Waals surface area contributed by atoms with E-state index in [9.17, 15) is 0 Å². The first kappa shape index (κ1) is 9.41. The van der Waals surface area contributed by atoms with Crippen LogP contribution in [0.1, 0.15) is 40.0 Å². The highest BCUT2D eigenvalue weighted by atomic mass is 14.7. The lowest BCUT2D eigenvalue weighted by atomic mass is 10.1. The van der Waals surface area contributed by atoms with E-state index in [1.54, 1.807) is 0 Å². The van der Waals surface area contributed by atoms with Crippen LogP contribution in [-0.2, 0) is 0 Å². The Morgan fingerprint density at radius 1 is 1.50 bits per heavy atom. The number of hydrogen-bond donors (Lipinski definition) is 0. The van der Waals surface area contributed by atoms with Gasteiger partial charge in [-0.25, -0.2) is 0 Å². The molecule has 0 unspecified atom stereocenters. The molecule has 1 rings (SSSR count). The summed E-state index contributed by atoms with van der Waals surface area (Å²) in [6, 6.07) is 0. The van der Waals surface area contributed by atoms with E-state index >= 15 is 0 Å². The van der Waals surface area contributed by atoms with Gasteiger partial charge in [0.25, 0.3) is 0 Å². The third kappa shape index (κ3) is 3.44. The maximum Gasteiger partial charge on any atom is 0.0227 e. The van der Waals surface area contributed by atoms with Crippen molar-refractivity contribution in [1.29, 1.82) is 0 Å². The summed E-state index contributed by atoms with van der Waals surface area (Å²) in [5, 5.41) is 0. The lowest BCUT2D eigenvalue weighted by Gasteiger charge is -2.01. The Balaban J connectivity index is 0.000000371. The Labute approximate surface area is 63.9 Å². The van der Waals surface area contributed by atoms with E-state index in [0.717, 1.165) is 6.42 Å². The van der Waals surface area contributed by atoms with E-state index in [2.05, 4.69) is 18.0 Å². The highest BCUT2D eigenvalue weighted by Gasteiger charge is 1.95. The quantitative estimate of drug-likeness (QED) is 0.529. The molecule has 0 amide bonds. The van der Waals surface area contributed by atoms with Crippen LogP contribution in [-0.4, -0.2) is 5.71 Å². The summed E-state index contributed by atoms with van der Waals surface area (Å²) in [4.78, 5) is 4.18. The number of hydrogen-bond acceptors (Lipinski definition) is 1. The fraction of sp³-hybridized carbons (Fsp3) is 0.667. The van der Waals surface area contributed by atoms with Crippen molar-refractivity contribution in [3.05, 3.63) is 12.3 Å². The van der Waals surface area contributed by atoms with Gasteiger partial charge in [0, 0.05) is 11.9 Å². The van der Waals surface area contributed by atoms with Crippen LogP contribution in [0.15, 0.2) is 17.3 Å². The normalized spacial score (nSPS) is 15.3. The molecule has 0 radical (unpaired) electrons. The predicted molar refractivity (Wildman–Crippen MR) is 47.4 cm³/mol. The van der Waals surface area contributed by atoms with Crippen molar-refractivity contribution < 1.29 is 0 Å². The minimum atomic E-state index is 1.12. The number of rotatable bonds is 1. The second kappa shape index (κ2) is 6.53. The summed E-state index contributed by atoms with van der Waals surface area (Å²) < 4.78 is 0. The second-order valence-corrected chi connectivity index (χ2v) is 1.97. The zero-order valence-electron chi connectivity index (χ0n) is 7.22. The third-order valence-corrected chi connectivity index (χ3v) is 1.37. The molecule has 1 heteroatoms. The van der Waals surface area contributed by atoms with Crippen LogP contribution >= 0.6 is 0 Å². The van der Waals surface area contributed by atoms with Crippen molar-refractivity contribution in [1.82, 2.24) is 0 Å².